The van der Waals surface area contributed by atoms with Gasteiger partial charge in [-0.15, -0.1) is 5.10 Å². The van der Waals surface area contributed by atoms with Gasteiger partial charge < -0.3 is 10.6 Å². The Morgan fingerprint density at radius 1 is 1.03 bits per heavy atom. The van der Waals surface area contributed by atoms with Crippen LogP contribution in [0.3, 0.4) is 0 Å². The third kappa shape index (κ3) is 5.34. The standard InChI is InChI=1S/C26H34ClN7O/c27-21-6-4-5-20(17-21)26(19-28)11-9-22(10-12-26)34-25(35)8-7-23(30-34)24-18-33(31-29-24)16-15-32-13-2-1-3-14-32/h4-8,17-18,22H,1-3,9-16,19,28H2. The summed E-state index contributed by atoms with van der Waals surface area (Å²) in [6.07, 6.45) is 9.27. The first-order valence-corrected chi connectivity index (χ1v) is 13.1. The fraction of sp³-hybridized carbons (Fsp3) is 0.538. The van der Waals surface area contributed by atoms with Gasteiger partial charge in [0.15, 0.2) is 0 Å². The quantitative estimate of drug-likeness (QED) is 0.537. The van der Waals surface area contributed by atoms with E-state index in [2.05, 4.69) is 21.3 Å². The first kappa shape index (κ1) is 24.2. The van der Waals surface area contributed by atoms with E-state index in [1.807, 2.05) is 29.1 Å². The van der Waals surface area contributed by atoms with E-state index >= 15 is 0 Å². The van der Waals surface area contributed by atoms with Gasteiger partial charge in [0, 0.05) is 29.6 Å². The number of aromatic nitrogens is 5. The van der Waals surface area contributed by atoms with Crippen LogP contribution in [0.5, 0.6) is 0 Å². The second kappa shape index (κ2) is 10.6. The normalized spacial score (nSPS) is 23.4. The Labute approximate surface area is 211 Å². The predicted octanol–water partition coefficient (Wildman–Crippen LogP) is 3.65. The number of rotatable bonds is 7. The number of benzene rings is 1. The zero-order valence-corrected chi connectivity index (χ0v) is 20.9. The van der Waals surface area contributed by atoms with Gasteiger partial charge in [0.25, 0.3) is 5.56 Å². The number of likely N-dealkylation sites (tertiary alicyclic amines) is 1. The smallest absolute Gasteiger partial charge is 0.267 e. The van der Waals surface area contributed by atoms with Gasteiger partial charge in [-0.25, -0.2) is 4.68 Å². The summed E-state index contributed by atoms with van der Waals surface area (Å²) in [4.78, 5) is 15.2. The van der Waals surface area contributed by atoms with Crippen LogP contribution in [0.1, 0.15) is 56.6 Å². The van der Waals surface area contributed by atoms with E-state index in [1.54, 1.807) is 16.8 Å². The van der Waals surface area contributed by atoms with E-state index < -0.39 is 0 Å². The van der Waals surface area contributed by atoms with Crippen molar-refractivity contribution in [2.45, 2.75) is 62.9 Å². The van der Waals surface area contributed by atoms with Gasteiger partial charge >= 0.3 is 0 Å². The maximum absolute atomic E-state index is 12.7. The summed E-state index contributed by atoms with van der Waals surface area (Å²) >= 11 is 6.25. The Morgan fingerprint density at radius 2 is 1.83 bits per heavy atom. The molecule has 1 aliphatic carbocycles. The lowest BCUT2D eigenvalue weighted by Crippen LogP contribution is -2.41. The molecule has 0 spiro atoms. The minimum absolute atomic E-state index is 0.0375. The minimum atomic E-state index is -0.111. The third-order valence-electron chi connectivity index (χ3n) is 7.81. The van der Waals surface area contributed by atoms with Crippen molar-refractivity contribution in [3.63, 3.8) is 0 Å². The molecule has 0 atom stereocenters. The number of hydrogen-bond acceptors (Lipinski definition) is 6. The van der Waals surface area contributed by atoms with Crippen LogP contribution >= 0.6 is 11.6 Å². The summed E-state index contributed by atoms with van der Waals surface area (Å²) in [5, 5.41) is 14.1. The molecule has 1 aromatic carbocycles. The summed E-state index contributed by atoms with van der Waals surface area (Å²) in [6.45, 7) is 4.67. The molecule has 2 fully saturated rings. The highest BCUT2D eigenvalue weighted by molar-refractivity contribution is 6.30. The molecule has 35 heavy (non-hydrogen) atoms. The molecule has 2 aliphatic rings. The van der Waals surface area contributed by atoms with E-state index in [1.165, 1.54) is 24.8 Å². The molecular formula is C26H34ClN7O. The number of halogens is 1. The fourth-order valence-corrected chi connectivity index (χ4v) is 5.79. The zero-order chi connectivity index (χ0) is 24.3. The molecule has 186 valence electrons. The molecule has 9 heteroatoms. The summed E-state index contributed by atoms with van der Waals surface area (Å²) in [5.74, 6) is 0. The Bertz CT molecular complexity index is 1190. The fourth-order valence-electron chi connectivity index (χ4n) is 5.60. The molecule has 1 saturated heterocycles. The number of nitrogens with two attached hydrogens (primary N) is 1. The SMILES string of the molecule is NCC1(c2cccc(Cl)c2)CCC(n2nc(-c3cn(CCN4CCCCC4)nn3)ccc2=O)CC1. The lowest BCUT2D eigenvalue weighted by Gasteiger charge is -2.40. The number of piperidine rings is 1. The van der Waals surface area contributed by atoms with Crippen molar-refractivity contribution < 1.29 is 0 Å². The Morgan fingerprint density at radius 3 is 2.57 bits per heavy atom. The average Bonchev–Trinajstić information content (AvgIpc) is 3.38. The van der Waals surface area contributed by atoms with Gasteiger partial charge in [-0.05, 0) is 75.4 Å². The molecule has 0 amide bonds. The van der Waals surface area contributed by atoms with E-state index in [0.29, 0.717) is 17.9 Å². The highest BCUT2D eigenvalue weighted by atomic mass is 35.5. The maximum atomic E-state index is 12.7. The first-order chi connectivity index (χ1) is 17.1. The third-order valence-corrected chi connectivity index (χ3v) is 8.04. The van der Waals surface area contributed by atoms with E-state index in [4.69, 9.17) is 22.4 Å². The molecule has 5 rings (SSSR count). The molecule has 1 saturated carbocycles. The largest absolute Gasteiger partial charge is 0.330 e. The van der Waals surface area contributed by atoms with E-state index in [0.717, 1.165) is 56.9 Å². The van der Waals surface area contributed by atoms with Gasteiger partial charge in [0.2, 0.25) is 0 Å². The van der Waals surface area contributed by atoms with Crippen molar-refractivity contribution in [1.29, 1.82) is 0 Å². The highest BCUT2D eigenvalue weighted by Crippen LogP contribution is 2.42. The molecule has 1 aliphatic heterocycles. The van der Waals surface area contributed by atoms with Crippen molar-refractivity contribution in [2.75, 3.05) is 26.2 Å². The van der Waals surface area contributed by atoms with Crippen LogP contribution in [0.2, 0.25) is 5.02 Å². The van der Waals surface area contributed by atoms with Crippen LogP contribution < -0.4 is 11.3 Å². The van der Waals surface area contributed by atoms with Crippen LogP contribution in [-0.2, 0) is 12.0 Å². The second-order valence-electron chi connectivity index (χ2n) is 10.00. The molecule has 0 unspecified atom stereocenters. The van der Waals surface area contributed by atoms with Crippen molar-refractivity contribution in [2.24, 2.45) is 5.73 Å². The van der Waals surface area contributed by atoms with Crippen LogP contribution in [0.15, 0.2) is 47.4 Å². The average molecular weight is 496 g/mol. The van der Waals surface area contributed by atoms with E-state index in [9.17, 15) is 4.79 Å². The summed E-state index contributed by atoms with van der Waals surface area (Å²) in [6, 6.07) is 11.4. The van der Waals surface area contributed by atoms with Gasteiger partial charge in [-0.1, -0.05) is 35.4 Å². The van der Waals surface area contributed by atoms with Crippen molar-refractivity contribution in [3.05, 3.63) is 63.5 Å². The molecule has 2 aromatic heterocycles. The Balaban J connectivity index is 1.28. The monoisotopic (exact) mass is 495 g/mol. The molecular weight excluding hydrogens is 462 g/mol. The van der Waals surface area contributed by atoms with Gasteiger partial charge in [0.1, 0.15) is 11.4 Å². The van der Waals surface area contributed by atoms with Gasteiger partial charge in [0.05, 0.1) is 18.8 Å². The molecule has 8 nitrogen and oxygen atoms in total. The minimum Gasteiger partial charge on any atom is -0.330 e. The zero-order valence-electron chi connectivity index (χ0n) is 20.2. The van der Waals surface area contributed by atoms with Crippen LogP contribution in [0.4, 0.5) is 0 Å². The Hall–Kier alpha value is -2.55. The van der Waals surface area contributed by atoms with Crippen molar-refractivity contribution in [3.8, 4) is 11.4 Å². The van der Waals surface area contributed by atoms with Crippen LogP contribution in [-0.4, -0.2) is 55.9 Å². The van der Waals surface area contributed by atoms with Gasteiger partial charge in [-0.3, -0.25) is 9.48 Å². The molecule has 3 aromatic rings. The van der Waals surface area contributed by atoms with Crippen molar-refractivity contribution >= 4 is 11.6 Å². The lowest BCUT2D eigenvalue weighted by molar-refractivity contribution is 0.217. The summed E-state index contributed by atoms with van der Waals surface area (Å²) in [5.41, 5.74) is 8.62. The summed E-state index contributed by atoms with van der Waals surface area (Å²) < 4.78 is 3.52. The second-order valence-corrected chi connectivity index (χ2v) is 10.4. The predicted molar refractivity (Wildman–Crippen MR) is 137 cm³/mol. The van der Waals surface area contributed by atoms with Crippen molar-refractivity contribution in [1.82, 2.24) is 29.7 Å². The topological polar surface area (TPSA) is 94.9 Å². The van der Waals surface area contributed by atoms with Crippen LogP contribution in [0.25, 0.3) is 11.4 Å². The summed E-state index contributed by atoms with van der Waals surface area (Å²) in [7, 11) is 0. The molecule has 0 bridgehead atoms. The number of hydrogen-bond donors (Lipinski definition) is 1. The lowest BCUT2D eigenvalue weighted by atomic mass is 9.68. The highest BCUT2D eigenvalue weighted by Gasteiger charge is 2.37. The molecule has 3 heterocycles. The number of nitrogens with zero attached hydrogens (tertiary/aromatic N) is 6. The first-order valence-electron chi connectivity index (χ1n) is 12.8. The van der Waals surface area contributed by atoms with E-state index in [-0.39, 0.29) is 17.0 Å². The molecule has 0 radical (unpaired) electrons. The van der Waals surface area contributed by atoms with Gasteiger partial charge in [-0.2, -0.15) is 5.10 Å². The maximum Gasteiger partial charge on any atom is 0.267 e. The Kier molecular flexibility index (Phi) is 7.32. The van der Waals surface area contributed by atoms with Crippen LogP contribution in [0, 0.1) is 0 Å². The molecule has 2 N–H and O–H groups in total.